The predicted molar refractivity (Wildman–Crippen MR) is 77.6 cm³/mol. The van der Waals surface area contributed by atoms with Crippen LogP contribution in [0.4, 0.5) is 0 Å². The van der Waals surface area contributed by atoms with Crippen molar-refractivity contribution < 1.29 is 4.74 Å². The lowest BCUT2D eigenvalue weighted by Gasteiger charge is -2.16. The zero-order chi connectivity index (χ0) is 13.0. The van der Waals surface area contributed by atoms with Crippen LogP contribution in [0, 0.1) is 0 Å². The van der Waals surface area contributed by atoms with E-state index in [0.29, 0.717) is 0 Å². The van der Waals surface area contributed by atoms with Gasteiger partial charge in [-0.15, -0.1) is 11.3 Å². The van der Waals surface area contributed by atoms with Crippen LogP contribution in [0.1, 0.15) is 23.4 Å². The second-order valence-corrected chi connectivity index (χ2v) is 5.51. The summed E-state index contributed by atoms with van der Waals surface area (Å²) in [5.74, 6) is 0.918. The Balaban J connectivity index is 2.01. The largest absolute Gasteiger partial charge is 0.496 e. The molecule has 1 aromatic heterocycles. The SMILES string of the molecule is COc1ccccc1C(C)NCc1cc(Cl)cs1. The number of para-hydroxylation sites is 1. The molecule has 1 N–H and O–H groups in total. The number of halogens is 1. The Morgan fingerprint density at radius 1 is 1.39 bits per heavy atom. The van der Waals surface area contributed by atoms with Gasteiger partial charge in [0.2, 0.25) is 0 Å². The van der Waals surface area contributed by atoms with Gasteiger partial charge in [0.25, 0.3) is 0 Å². The molecule has 0 spiro atoms. The topological polar surface area (TPSA) is 21.3 Å². The van der Waals surface area contributed by atoms with Crippen molar-refractivity contribution in [1.29, 1.82) is 0 Å². The third-order valence-corrected chi connectivity index (χ3v) is 4.09. The quantitative estimate of drug-likeness (QED) is 0.884. The number of thiophene rings is 1. The van der Waals surface area contributed by atoms with E-state index in [1.807, 2.05) is 29.6 Å². The van der Waals surface area contributed by atoms with Gasteiger partial charge in [-0.1, -0.05) is 29.8 Å². The molecule has 0 saturated carbocycles. The first-order valence-electron chi connectivity index (χ1n) is 5.80. The molecule has 96 valence electrons. The van der Waals surface area contributed by atoms with E-state index < -0.39 is 0 Å². The van der Waals surface area contributed by atoms with Crippen LogP contribution >= 0.6 is 22.9 Å². The molecule has 1 aromatic carbocycles. The molecule has 0 amide bonds. The van der Waals surface area contributed by atoms with Crippen molar-refractivity contribution in [2.24, 2.45) is 0 Å². The average Bonchev–Trinajstić information content (AvgIpc) is 2.81. The van der Waals surface area contributed by atoms with E-state index in [2.05, 4.69) is 18.3 Å². The molecule has 0 aliphatic carbocycles. The molecule has 1 atom stereocenters. The Morgan fingerprint density at radius 3 is 2.83 bits per heavy atom. The molecule has 0 bridgehead atoms. The third kappa shape index (κ3) is 3.25. The third-order valence-electron chi connectivity index (χ3n) is 2.81. The van der Waals surface area contributed by atoms with Crippen LogP contribution in [-0.2, 0) is 6.54 Å². The summed E-state index contributed by atoms with van der Waals surface area (Å²) in [6, 6.07) is 10.3. The van der Waals surface area contributed by atoms with Crippen LogP contribution in [0.25, 0.3) is 0 Å². The van der Waals surface area contributed by atoms with Crippen molar-refractivity contribution in [3.8, 4) is 5.75 Å². The van der Waals surface area contributed by atoms with E-state index in [9.17, 15) is 0 Å². The monoisotopic (exact) mass is 281 g/mol. The van der Waals surface area contributed by atoms with Crippen LogP contribution in [0.5, 0.6) is 5.75 Å². The van der Waals surface area contributed by atoms with E-state index in [1.165, 1.54) is 10.4 Å². The fraction of sp³-hybridized carbons (Fsp3) is 0.286. The zero-order valence-corrected chi connectivity index (χ0v) is 12.0. The number of nitrogens with one attached hydrogen (secondary N) is 1. The van der Waals surface area contributed by atoms with Gasteiger partial charge in [-0.25, -0.2) is 0 Å². The molecule has 0 saturated heterocycles. The van der Waals surface area contributed by atoms with Crippen LogP contribution in [0.2, 0.25) is 5.02 Å². The first kappa shape index (κ1) is 13.4. The second-order valence-electron chi connectivity index (χ2n) is 4.08. The normalized spacial score (nSPS) is 12.4. The van der Waals surface area contributed by atoms with Gasteiger partial charge < -0.3 is 10.1 Å². The van der Waals surface area contributed by atoms with Crippen molar-refractivity contribution in [3.63, 3.8) is 0 Å². The summed E-state index contributed by atoms with van der Waals surface area (Å²) in [5.41, 5.74) is 1.17. The molecule has 0 aliphatic heterocycles. The summed E-state index contributed by atoms with van der Waals surface area (Å²) in [4.78, 5) is 1.24. The van der Waals surface area contributed by atoms with Crippen LogP contribution < -0.4 is 10.1 Å². The maximum absolute atomic E-state index is 5.90. The lowest BCUT2D eigenvalue weighted by atomic mass is 10.1. The van der Waals surface area contributed by atoms with Gasteiger partial charge in [-0.2, -0.15) is 0 Å². The molecule has 18 heavy (non-hydrogen) atoms. The molecule has 1 unspecified atom stereocenters. The smallest absolute Gasteiger partial charge is 0.123 e. The summed E-state index contributed by atoms with van der Waals surface area (Å²) >= 11 is 7.57. The van der Waals surface area contributed by atoms with E-state index in [1.54, 1.807) is 18.4 Å². The molecule has 1 heterocycles. The summed E-state index contributed by atoms with van der Waals surface area (Å²) in [5, 5.41) is 6.23. The molecule has 0 aliphatic rings. The van der Waals surface area contributed by atoms with Gasteiger partial charge in [-0.3, -0.25) is 0 Å². The van der Waals surface area contributed by atoms with Gasteiger partial charge in [0.1, 0.15) is 5.75 Å². The molecule has 2 aromatic rings. The van der Waals surface area contributed by atoms with Gasteiger partial charge in [0.15, 0.2) is 0 Å². The fourth-order valence-electron chi connectivity index (χ4n) is 1.83. The Morgan fingerprint density at radius 2 is 2.17 bits per heavy atom. The minimum absolute atomic E-state index is 0.238. The maximum atomic E-state index is 5.90. The van der Waals surface area contributed by atoms with E-state index in [-0.39, 0.29) is 6.04 Å². The Hall–Kier alpha value is -1.03. The number of hydrogen-bond acceptors (Lipinski definition) is 3. The predicted octanol–water partition coefficient (Wildman–Crippen LogP) is 4.26. The highest BCUT2D eigenvalue weighted by molar-refractivity contribution is 7.10. The highest BCUT2D eigenvalue weighted by Gasteiger charge is 2.10. The van der Waals surface area contributed by atoms with Gasteiger partial charge in [0.05, 0.1) is 12.1 Å². The maximum Gasteiger partial charge on any atom is 0.123 e. The fourth-order valence-corrected chi connectivity index (χ4v) is 2.86. The second kappa shape index (κ2) is 6.23. The molecular weight excluding hydrogens is 266 g/mol. The molecule has 4 heteroatoms. The summed E-state index contributed by atoms with van der Waals surface area (Å²) in [6.07, 6.45) is 0. The standard InChI is InChI=1S/C14H16ClNOS/c1-10(13-5-3-4-6-14(13)17-2)16-8-12-7-11(15)9-18-12/h3-7,9-10,16H,8H2,1-2H3. The highest BCUT2D eigenvalue weighted by atomic mass is 35.5. The van der Waals surface area contributed by atoms with Crippen molar-refractivity contribution in [2.75, 3.05) is 7.11 Å². The van der Waals surface area contributed by atoms with Gasteiger partial charge in [-0.05, 0) is 19.1 Å². The summed E-state index contributed by atoms with van der Waals surface area (Å²) in [7, 11) is 1.70. The Kier molecular flexibility index (Phi) is 4.64. The van der Waals surface area contributed by atoms with E-state index >= 15 is 0 Å². The number of benzene rings is 1. The highest BCUT2D eigenvalue weighted by Crippen LogP contribution is 2.25. The first-order chi connectivity index (χ1) is 8.70. The molecular formula is C14H16ClNOS. The lowest BCUT2D eigenvalue weighted by Crippen LogP contribution is -2.18. The number of rotatable bonds is 5. The number of hydrogen-bond donors (Lipinski definition) is 1. The summed E-state index contributed by atoms with van der Waals surface area (Å²) in [6.45, 7) is 2.95. The Bertz CT molecular complexity index is 512. The van der Waals surface area contributed by atoms with Crippen LogP contribution in [-0.4, -0.2) is 7.11 Å². The number of ether oxygens (including phenoxy) is 1. The first-order valence-corrected chi connectivity index (χ1v) is 7.05. The molecule has 0 fully saturated rings. The zero-order valence-electron chi connectivity index (χ0n) is 10.4. The van der Waals surface area contributed by atoms with Gasteiger partial charge >= 0.3 is 0 Å². The van der Waals surface area contributed by atoms with Crippen LogP contribution in [0.15, 0.2) is 35.7 Å². The van der Waals surface area contributed by atoms with Crippen molar-refractivity contribution >= 4 is 22.9 Å². The van der Waals surface area contributed by atoms with Crippen molar-refractivity contribution in [1.82, 2.24) is 5.32 Å². The van der Waals surface area contributed by atoms with E-state index in [4.69, 9.17) is 16.3 Å². The van der Waals surface area contributed by atoms with Crippen molar-refractivity contribution in [3.05, 3.63) is 51.2 Å². The van der Waals surface area contributed by atoms with E-state index in [0.717, 1.165) is 17.3 Å². The Labute approximate surface area is 117 Å². The molecule has 0 radical (unpaired) electrons. The summed E-state index contributed by atoms with van der Waals surface area (Å²) < 4.78 is 5.36. The van der Waals surface area contributed by atoms with Crippen LogP contribution in [0.3, 0.4) is 0 Å². The molecule has 2 rings (SSSR count). The number of methoxy groups -OCH3 is 1. The minimum atomic E-state index is 0.238. The minimum Gasteiger partial charge on any atom is -0.496 e. The van der Waals surface area contributed by atoms with Gasteiger partial charge in [0, 0.05) is 28.4 Å². The lowest BCUT2D eigenvalue weighted by molar-refractivity contribution is 0.401. The molecule has 2 nitrogen and oxygen atoms in total. The average molecular weight is 282 g/mol. The van der Waals surface area contributed by atoms with Crippen molar-refractivity contribution in [2.45, 2.75) is 19.5 Å².